The number of hydrogen-bond donors (Lipinski definition) is 0. The third kappa shape index (κ3) is 3.94. The molecule has 0 aliphatic rings. The molecule has 1 aromatic carbocycles. The summed E-state index contributed by atoms with van der Waals surface area (Å²) in [4.78, 5) is 10.9. The van der Waals surface area contributed by atoms with Crippen molar-refractivity contribution in [3.63, 3.8) is 0 Å². The zero-order chi connectivity index (χ0) is 15.2. The lowest BCUT2D eigenvalue weighted by Crippen LogP contribution is -2.08. The van der Waals surface area contributed by atoms with Gasteiger partial charge >= 0.3 is 0 Å². The Bertz CT molecular complexity index is 606. The Morgan fingerprint density at radius 3 is 2.76 bits per heavy atom. The van der Waals surface area contributed by atoms with E-state index >= 15 is 0 Å². The normalized spacial score (nSPS) is 10.9. The Kier molecular flexibility index (Phi) is 5.56. The van der Waals surface area contributed by atoms with Gasteiger partial charge < -0.3 is 4.74 Å². The standard InChI is InChI=1S/C16H19BrN2O2/c1-3-14(4-2)19-8-7-13(18-19)11-21-15-5-6-16(17)12(9-15)10-20/h5-10,14H,3-4,11H2,1-2H3. The average molecular weight is 351 g/mol. The maximum Gasteiger partial charge on any atom is 0.151 e. The summed E-state index contributed by atoms with van der Waals surface area (Å²) in [6.45, 7) is 4.72. The van der Waals surface area contributed by atoms with Crippen LogP contribution < -0.4 is 4.74 Å². The molecule has 1 heterocycles. The zero-order valence-electron chi connectivity index (χ0n) is 12.3. The lowest BCUT2D eigenvalue weighted by molar-refractivity contribution is 0.112. The van der Waals surface area contributed by atoms with E-state index in [2.05, 4.69) is 34.9 Å². The molecule has 0 bridgehead atoms. The highest BCUT2D eigenvalue weighted by Crippen LogP contribution is 2.22. The Morgan fingerprint density at radius 1 is 1.33 bits per heavy atom. The summed E-state index contributed by atoms with van der Waals surface area (Å²) in [6.07, 6.45) is 4.93. The Morgan fingerprint density at radius 2 is 2.10 bits per heavy atom. The molecule has 0 aliphatic carbocycles. The van der Waals surface area contributed by atoms with Crippen LogP contribution >= 0.6 is 15.9 Å². The fourth-order valence-corrected chi connectivity index (χ4v) is 2.52. The highest BCUT2D eigenvalue weighted by atomic mass is 79.9. The Labute approximate surface area is 133 Å². The first-order valence-electron chi connectivity index (χ1n) is 7.09. The van der Waals surface area contributed by atoms with Crippen LogP contribution in [0.1, 0.15) is 48.8 Å². The number of benzene rings is 1. The van der Waals surface area contributed by atoms with Gasteiger partial charge in [-0.25, -0.2) is 0 Å². The topological polar surface area (TPSA) is 44.1 Å². The summed E-state index contributed by atoms with van der Waals surface area (Å²) in [6, 6.07) is 7.76. The molecule has 0 saturated heterocycles. The first-order valence-corrected chi connectivity index (χ1v) is 7.88. The molecule has 0 unspecified atom stereocenters. The van der Waals surface area contributed by atoms with Crippen LogP contribution in [0.15, 0.2) is 34.9 Å². The van der Waals surface area contributed by atoms with E-state index in [4.69, 9.17) is 4.74 Å². The van der Waals surface area contributed by atoms with Crippen molar-refractivity contribution in [2.24, 2.45) is 0 Å². The second-order valence-electron chi connectivity index (χ2n) is 4.85. The Balaban J connectivity index is 2.01. The van der Waals surface area contributed by atoms with Gasteiger partial charge in [-0.2, -0.15) is 5.10 Å². The first-order chi connectivity index (χ1) is 10.2. The minimum Gasteiger partial charge on any atom is -0.487 e. The minimum absolute atomic E-state index is 0.396. The number of rotatable bonds is 7. The van der Waals surface area contributed by atoms with Gasteiger partial charge in [0.15, 0.2) is 6.29 Å². The summed E-state index contributed by atoms with van der Waals surface area (Å²) in [5, 5.41) is 4.54. The molecule has 0 spiro atoms. The fraction of sp³-hybridized carbons (Fsp3) is 0.375. The maximum atomic E-state index is 10.9. The van der Waals surface area contributed by atoms with E-state index < -0.39 is 0 Å². The largest absolute Gasteiger partial charge is 0.487 e. The zero-order valence-corrected chi connectivity index (χ0v) is 13.8. The molecular weight excluding hydrogens is 332 g/mol. The predicted octanol–water partition coefficient (Wildman–Crippen LogP) is 4.40. The SMILES string of the molecule is CCC(CC)n1ccc(COc2ccc(Br)c(C=O)c2)n1. The number of hydrogen-bond acceptors (Lipinski definition) is 3. The van der Waals surface area contributed by atoms with Gasteiger partial charge in [0.2, 0.25) is 0 Å². The first kappa shape index (κ1) is 15.8. The molecular formula is C16H19BrN2O2. The Hall–Kier alpha value is -1.62. The smallest absolute Gasteiger partial charge is 0.151 e. The monoisotopic (exact) mass is 350 g/mol. The molecule has 0 fully saturated rings. The summed E-state index contributed by atoms with van der Waals surface area (Å²) >= 11 is 3.32. The van der Waals surface area contributed by atoms with Crippen molar-refractivity contribution in [2.75, 3.05) is 0 Å². The van der Waals surface area contributed by atoms with E-state index in [0.717, 1.165) is 29.3 Å². The minimum atomic E-state index is 0.396. The molecule has 1 aromatic heterocycles. The number of aromatic nitrogens is 2. The molecule has 0 amide bonds. The molecule has 4 nitrogen and oxygen atoms in total. The fourth-order valence-electron chi connectivity index (χ4n) is 2.18. The molecule has 2 rings (SSSR count). The lowest BCUT2D eigenvalue weighted by Gasteiger charge is -2.12. The molecule has 0 radical (unpaired) electrons. The molecule has 21 heavy (non-hydrogen) atoms. The number of carbonyl (C=O) groups excluding carboxylic acids is 1. The van der Waals surface area contributed by atoms with Crippen LogP contribution in [0.25, 0.3) is 0 Å². The van der Waals surface area contributed by atoms with E-state index in [-0.39, 0.29) is 0 Å². The summed E-state index contributed by atoms with van der Waals surface area (Å²) in [5.41, 5.74) is 1.47. The van der Waals surface area contributed by atoms with Gasteiger partial charge in [-0.1, -0.05) is 29.8 Å². The van der Waals surface area contributed by atoms with Crippen molar-refractivity contribution < 1.29 is 9.53 Å². The molecule has 112 valence electrons. The third-order valence-electron chi connectivity index (χ3n) is 3.46. The van der Waals surface area contributed by atoms with Gasteiger partial charge in [-0.05, 0) is 37.1 Å². The highest BCUT2D eigenvalue weighted by Gasteiger charge is 2.08. The van der Waals surface area contributed by atoms with Gasteiger partial charge in [0.25, 0.3) is 0 Å². The van der Waals surface area contributed by atoms with Crippen LogP contribution in [0.2, 0.25) is 0 Å². The van der Waals surface area contributed by atoms with Crippen LogP contribution in [0.3, 0.4) is 0 Å². The molecule has 2 aromatic rings. The maximum absolute atomic E-state index is 10.9. The van der Waals surface area contributed by atoms with E-state index in [0.29, 0.717) is 24.0 Å². The van der Waals surface area contributed by atoms with E-state index in [1.54, 1.807) is 6.07 Å². The molecule has 0 atom stereocenters. The highest BCUT2D eigenvalue weighted by molar-refractivity contribution is 9.10. The van der Waals surface area contributed by atoms with Crippen molar-refractivity contribution in [2.45, 2.75) is 39.3 Å². The predicted molar refractivity (Wildman–Crippen MR) is 85.7 cm³/mol. The molecule has 0 saturated carbocycles. The number of halogens is 1. The van der Waals surface area contributed by atoms with Crippen LogP contribution in [-0.4, -0.2) is 16.1 Å². The number of aldehydes is 1. The van der Waals surface area contributed by atoms with Crippen molar-refractivity contribution in [3.8, 4) is 5.75 Å². The van der Waals surface area contributed by atoms with Crippen molar-refractivity contribution in [1.82, 2.24) is 9.78 Å². The number of ether oxygens (including phenoxy) is 1. The van der Waals surface area contributed by atoms with Crippen molar-refractivity contribution in [3.05, 3.63) is 46.2 Å². The number of nitrogens with zero attached hydrogens (tertiary/aromatic N) is 2. The van der Waals surface area contributed by atoms with Crippen molar-refractivity contribution >= 4 is 22.2 Å². The van der Waals surface area contributed by atoms with Gasteiger partial charge in [0, 0.05) is 16.2 Å². The van der Waals surface area contributed by atoms with Crippen LogP contribution in [0, 0.1) is 0 Å². The lowest BCUT2D eigenvalue weighted by atomic mass is 10.2. The van der Waals surface area contributed by atoms with Crippen LogP contribution in [-0.2, 0) is 6.61 Å². The summed E-state index contributed by atoms with van der Waals surface area (Å²) < 4.78 is 8.46. The van der Waals surface area contributed by atoms with E-state index in [9.17, 15) is 4.79 Å². The molecule has 0 N–H and O–H groups in total. The molecule has 0 aliphatic heterocycles. The van der Waals surface area contributed by atoms with Crippen molar-refractivity contribution in [1.29, 1.82) is 0 Å². The molecule has 5 heteroatoms. The number of carbonyl (C=O) groups is 1. The van der Waals surface area contributed by atoms with Gasteiger partial charge in [0.05, 0.1) is 11.7 Å². The van der Waals surface area contributed by atoms with Crippen LogP contribution in [0.5, 0.6) is 5.75 Å². The average Bonchev–Trinajstić information content (AvgIpc) is 2.96. The van der Waals surface area contributed by atoms with E-state index in [1.807, 2.05) is 29.1 Å². The van der Waals surface area contributed by atoms with Gasteiger partial charge in [0.1, 0.15) is 12.4 Å². The van der Waals surface area contributed by atoms with Gasteiger partial charge in [-0.15, -0.1) is 0 Å². The summed E-state index contributed by atoms with van der Waals surface area (Å²) in [7, 11) is 0. The van der Waals surface area contributed by atoms with Gasteiger partial charge in [-0.3, -0.25) is 9.48 Å². The summed E-state index contributed by atoms with van der Waals surface area (Å²) in [5.74, 6) is 0.664. The van der Waals surface area contributed by atoms with E-state index in [1.165, 1.54) is 0 Å². The quantitative estimate of drug-likeness (QED) is 0.695. The van der Waals surface area contributed by atoms with Crippen LogP contribution in [0.4, 0.5) is 0 Å². The third-order valence-corrected chi connectivity index (χ3v) is 4.18. The second-order valence-corrected chi connectivity index (χ2v) is 5.70. The second kappa shape index (κ2) is 7.41.